The Morgan fingerprint density at radius 2 is 1.89 bits per heavy atom. The molecule has 1 heterocycles. The van der Waals surface area contributed by atoms with E-state index in [-0.39, 0.29) is 5.91 Å². The molecular weight excluding hydrogens is 360 g/mol. The maximum absolute atomic E-state index is 12.3. The fourth-order valence-electron chi connectivity index (χ4n) is 2.92. The monoisotopic (exact) mass is 382 g/mol. The summed E-state index contributed by atoms with van der Waals surface area (Å²) in [6, 6.07) is 19.4. The number of para-hydroxylation sites is 1. The van der Waals surface area contributed by atoms with E-state index in [1.54, 1.807) is 12.1 Å². The standard InChI is InChI=1S/C21H23ClN4O/c1-2-26(16-9-4-3-5-10-16)14-8-13-23-21(27)20-15-19(24-25-20)17-11-6-7-12-18(17)22/h3-7,9-12,15H,2,8,13-14H2,1H3,(H,23,27)(H,24,25). The van der Waals surface area contributed by atoms with E-state index < -0.39 is 0 Å². The van der Waals surface area contributed by atoms with Crippen LogP contribution < -0.4 is 10.2 Å². The first-order chi connectivity index (χ1) is 13.2. The van der Waals surface area contributed by atoms with Gasteiger partial charge in [-0.15, -0.1) is 0 Å². The van der Waals surface area contributed by atoms with Gasteiger partial charge < -0.3 is 10.2 Å². The van der Waals surface area contributed by atoms with E-state index in [0.29, 0.717) is 23.0 Å². The van der Waals surface area contributed by atoms with Crippen molar-refractivity contribution < 1.29 is 4.79 Å². The van der Waals surface area contributed by atoms with Gasteiger partial charge in [0, 0.05) is 30.9 Å². The molecular formula is C21H23ClN4O. The van der Waals surface area contributed by atoms with E-state index in [0.717, 1.165) is 25.1 Å². The number of carbonyl (C=O) groups is 1. The lowest BCUT2D eigenvalue weighted by Crippen LogP contribution is -2.30. The van der Waals surface area contributed by atoms with Gasteiger partial charge >= 0.3 is 0 Å². The number of hydrogen-bond acceptors (Lipinski definition) is 3. The normalized spacial score (nSPS) is 10.6. The third kappa shape index (κ3) is 4.89. The van der Waals surface area contributed by atoms with Crippen molar-refractivity contribution in [3.8, 4) is 11.3 Å². The zero-order valence-electron chi connectivity index (χ0n) is 15.3. The minimum atomic E-state index is -0.163. The highest BCUT2D eigenvalue weighted by Crippen LogP contribution is 2.26. The molecule has 3 aromatic rings. The molecule has 0 saturated heterocycles. The summed E-state index contributed by atoms with van der Waals surface area (Å²) in [6.45, 7) is 4.55. The van der Waals surface area contributed by atoms with Crippen molar-refractivity contribution in [2.24, 2.45) is 0 Å². The second kappa shape index (κ2) is 9.24. The van der Waals surface area contributed by atoms with Crippen molar-refractivity contribution in [3.05, 3.63) is 71.4 Å². The summed E-state index contributed by atoms with van der Waals surface area (Å²) >= 11 is 6.18. The van der Waals surface area contributed by atoms with Crippen LogP contribution in [0.4, 0.5) is 5.69 Å². The zero-order valence-corrected chi connectivity index (χ0v) is 16.0. The minimum absolute atomic E-state index is 0.163. The van der Waals surface area contributed by atoms with Gasteiger partial charge in [0.1, 0.15) is 5.69 Å². The molecule has 0 atom stereocenters. The topological polar surface area (TPSA) is 61.0 Å². The number of aromatic amines is 1. The molecule has 27 heavy (non-hydrogen) atoms. The van der Waals surface area contributed by atoms with Crippen molar-refractivity contribution in [2.45, 2.75) is 13.3 Å². The number of aromatic nitrogens is 2. The fourth-order valence-corrected chi connectivity index (χ4v) is 3.15. The second-order valence-corrected chi connectivity index (χ2v) is 6.58. The lowest BCUT2D eigenvalue weighted by Gasteiger charge is -2.23. The van der Waals surface area contributed by atoms with Crippen LogP contribution >= 0.6 is 11.6 Å². The SMILES string of the molecule is CCN(CCCNC(=O)c1cc(-c2ccccc2Cl)n[nH]1)c1ccccc1. The summed E-state index contributed by atoms with van der Waals surface area (Å²) in [5.41, 5.74) is 3.09. The highest BCUT2D eigenvalue weighted by Gasteiger charge is 2.12. The number of anilines is 1. The summed E-state index contributed by atoms with van der Waals surface area (Å²) in [5.74, 6) is -0.163. The molecule has 0 bridgehead atoms. The predicted octanol–water partition coefficient (Wildman–Crippen LogP) is 4.38. The maximum atomic E-state index is 12.3. The molecule has 3 rings (SSSR count). The van der Waals surface area contributed by atoms with Crippen molar-refractivity contribution >= 4 is 23.2 Å². The summed E-state index contributed by atoms with van der Waals surface area (Å²) in [5, 5.41) is 10.5. The van der Waals surface area contributed by atoms with E-state index >= 15 is 0 Å². The molecule has 2 aromatic carbocycles. The predicted molar refractivity (Wildman–Crippen MR) is 110 cm³/mol. The van der Waals surface area contributed by atoms with Gasteiger partial charge in [-0.2, -0.15) is 5.10 Å². The molecule has 2 N–H and O–H groups in total. The number of halogens is 1. The first-order valence-electron chi connectivity index (χ1n) is 9.07. The average Bonchev–Trinajstić information content (AvgIpc) is 3.19. The van der Waals surface area contributed by atoms with Crippen LogP contribution in [-0.4, -0.2) is 35.7 Å². The number of nitrogens with one attached hydrogen (secondary N) is 2. The van der Waals surface area contributed by atoms with E-state index in [4.69, 9.17) is 11.6 Å². The number of H-pyrrole nitrogens is 1. The Labute approximate surface area is 164 Å². The Hall–Kier alpha value is -2.79. The molecule has 0 radical (unpaired) electrons. The van der Waals surface area contributed by atoms with Gasteiger partial charge in [-0.25, -0.2) is 0 Å². The lowest BCUT2D eigenvalue weighted by atomic mass is 10.1. The van der Waals surface area contributed by atoms with Crippen molar-refractivity contribution in [2.75, 3.05) is 24.5 Å². The lowest BCUT2D eigenvalue weighted by molar-refractivity contribution is 0.0948. The summed E-state index contributed by atoms with van der Waals surface area (Å²) in [4.78, 5) is 14.6. The molecule has 0 aliphatic carbocycles. The van der Waals surface area contributed by atoms with E-state index in [2.05, 4.69) is 39.5 Å². The minimum Gasteiger partial charge on any atom is -0.372 e. The Balaban J connectivity index is 1.51. The maximum Gasteiger partial charge on any atom is 0.269 e. The fraction of sp³-hybridized carbons (Fsp3) is 0.238. The van der Waals surface area contributed by atoms with Crippen LogP contribution in [0.5, 0.6) is 0 Å². The molecule has 0 spiro atoms. The van der Waals surface area contributed by atoms with Gasteiger partial charge in [0.25, 0.3) is 5.91 Å². The van der Waals surface area contributed by atoms with E-state index in [1.807, 2.05) is 36.4 Å². The smallest absolute Gasteiger partial charge is 0.269 e. The van der Waals surface area contributed by atoms with E-state index in [9.17, 15) is 4.79 Å². The summed E-state index contributed by atoms with van der Waals surface area (Å²) < 4.78 is 0. The highest BCUT2D eigenvalue weighted by atomic mass is 35.5. The van der Waals surface area contributed by atoms with E-state index in [1.165, 1.54) is 5.69 Å². The van der Waals surface area contributed by atoms with Crippen LogP contribution in [-0.2, 0) is 0 Å². The van der Waals surface area contributed by atoms with Crippen LogP contribution in [0.25, 0.3) is 11.3 Å². The quantitative estimate of drug-likeness (QED) is 0.568. The third-order valence-corrected chi connectivity index (χ3v) is 4.70. The number of nitrogens with zero attached hydrogens (tertiary/aromatic N) is 2. The molecule has 0 unspecified atom stereocenters. The molecule has 1 aromatic heterocycles. The Morgan fingerprint density at radius 3 is 2.63 bits per heavy atom. The number of hydrogen-bond donors (Lipinski definition) is 2. The molecule has 0 aliphatic rings. The number of rotatable bonds is 8. The van der Waals surface area contributed by atoms with Crippen LogP contribution in [0.1, 0.15) is 23.8 Å². The van der Waals surface area contributed by atoms with Gasteiger partial charge in [0.2, 0.25) is 0 Å². The summed E-state index contributed by atoms with van der Waals surface area (Å²) in [7, 11) is 0. The first-order valence-corrected chi connectivity index (χ1v) is 9.45. The Morgan fingerprint density at radius 1 is 1.15 bits per heavy atom. The van der Waals surface area contributed by atoms with Crippen molar-refractivity contribution in [1.29, 1.82) is 0 Å². The van der Waals surface area contributed by atoms with Gasteiger partial charge in [-0.05, 0) is 37.6 Å². The van der Waals surface area contributed by atoms with Gasteiger partial charge in [0.15, 0.2) is 0 Å². The number of carbonyl (C=O) groups excluding carboxylic acids is 1. The van der Waals surface area contributed by atoms with Crippen molar-refractivity contribution in [1.82, 2.24) is 15.5 Å². The van der Waals surface area contributed by atoms with Crippen LogP contribution in [0.3, 0.4) is 0 Å². The molecule has 0 aliphatic heterocycles. The Kier molecular flexibility index (Phi) is 6.49. The average molecular weight is 383 g/mol. The largest absolute Gasteiger partial charge is 0.372 e. The molecule has 1 amide bonds. The third-order valence-electron chi connectivity index (χ3n) is 4.37. The van der Waals surface area contributed by atoms with Gasteiger partial charge in [-0.3, -0.25) is 9.89 Å². The zero-order chi connectivity index (χ0) is 19.1. The second-order valence-electron chi connectivity index (χ2n) is 6.17. The molecule has 0 saturated carbocycles. The molecule has 6 heteroatoms. The highest BCUT2D eigenvalue weighted by molar-refractivity contribution is 6.33. The molecule has 0 fully saturated rings. The van der Waals surface area contributed by atoms with Gasteiger partial charge in [0.05, 0.1) is 10.7 Å². The molecule has 5 nitrogen and oxygen atoms in total. The van der Waals surface area contributed by atoms with Crippen LogP contribution in [0.2, 0.25) is 5.02 Å². The van der Waals surface area contributed by atoms with Crippen LogP contribution in [0, 0.1) is 0 Å². The van der Waals surface area contributed by atoms with Crippen molar-refractivity contribution in [3.63, 3.8) is 0 Å². The van der Waals surface area contributed by atoms with Gasteiger partial charge in [-0.1, -0.05) is 48.0 Å². The number of benzene rings is 2. The summed E-state index contributed by atoms with van der Waals surface area (Å²) in [6.07, 6.45) is 0.861. The van der Waals surface area contributed by atoms with Crippen LogP contribution in [0.15, 0.2) is 60.7 Å². The number of amides is 1. The molecule has 140 valence electrons. The first kappa shape index (κ1) is 19.0. The Bertz CT molecular complexity index is 879.